The number of hydrogen-bond donors (Lipinski definition) is 0. The lowest BCUT2D eigenvalue weighted by Crippen LogP contribution is -2.37. The molecule has 0 atom stereocenters. The van der Waals surface area contributed by atoms with Crippen molar-refractivity contribution in [3.8, 4) is 0 Å². The Morgan fingerprint density at radius 1 is 1.09 bits per heavy atom. The van der Waals surface area contributed by atoms with Crippen LogP contribution in [0, 0.1) is 13.8 Å². The standard InChI is InChI=1S/C25H31N7O2/c1-18-20(3)31(11-7-10-30-12-14-33-15-13-30)24-23(18)25-27-22(28-32(25)17-26-24)16-34-29-19(2)21-8-5-4-6-9-21/h4-6,8-9,17H,7,10-16H2,1-3H3. The highest BCUT2D eigenvalue weighted by Crippen LogP contribution is 2.27. The van der Waals surface area contributed by atoms with Crippen LogP contribution in [0.5, 0.6) is 0 Å². The van der Waals surface area contributed by atoms with E-state index >= 15 is 0 Å². The fourth-order valence-corrected chi connectivity index (χ4v) is 4.51. The molecule has 0 unspecified atom stereocenters. The number of hydrogen-bond acceptors (Lipinski definition) is 7. The highest BCUT2D eigenvalue weighted by atomic mass is 16.6. The number of oxime groups is 1. The molecule has 3 aromatic heterocycles. The molecule has 178 valence electrons. The first kappa shape index (κ1) is 22.5. The maximum atomic E-state index is 5.56. The van der Waals surface area contributed by atoms with E-state index in [9.17, 15) is 0 Å². The van der Waals surface area contributed by atoms with E-state index in [4.69, 9.17) is 19.5 Å². The predicted octanol–water partition coefficient (Wildman–Crippen LogP) is 3.36. The van der Waals surface area contributed by atoms with E-state index in [-0.39, 0.29) is 6.61 Å². The van der Waals surface area contributed by atoms with Gasteiger partial charge in [-0.15, -0.1) is 5.10 Å². The van der Waals surface area contributed by atoms with Crippen molar-refractivity contribution in [3.05, 3.63) is 59.3 Å². The molecule has 4 aromatic rings. The molecule has 1 fully saturated rings. The molecule has 5 rings (SSSR count). The van der Waals surface area contributed by atoms with Crippen molar-refractivity contribution in [3.63, 3.8) is 0 Å². The number of morpholine rings is 1. The molecule has 0 saturated carbocycles. The number of aryl methyl sites for hydroxylation is 2. The Balaban J connectivity index is 1.33. The topological polar surface area (TPSA) is 82.1 Å². The van der Waals surface area contributed by atoms with Crippen LogP contribution < -0.4 is 0 Å². The van der Waals surface area contributed by atoms with Crippen LogP contribution in [0.15, 0.2) is 41.8 Å². The Bertz CT molecular complexity index is 1300. The van der Waals surface area contributed by atoms with Crippen LogP contribution in [0.4, 0.5) is 0 Å². The molecule has 0 aliphatic carbocycles. The first-order valence-electron chi connectivity index (χ1n) is 11.8. The molecular formula is C25H31N7O2. The summed E-state index contributed by atoms with van der Waals surface area (Å²) in [6.45, 7) is 12.1. The van der Waals surface area contributed by atoms with E-state index in [2.05, 4.69) is 33.6 Å². The van der Waals surface area contributed by atoms with Gasteiger partial charge in [0.15, 0.2) is 18.1 Å². The molecule has 1 saturated heterocycles. The monoisotopic (exact) mass is 461 g/mol. The third-order valence-corrected chi connectivity index (χ3v) is 6.54. The second-order valence-electron chi connectivity index (χ2n) is 8.73. The molecule has 0 spiro atoms. The first-order chi connectivity index (χ1) is 16.6. The van der Waals surface area contributed by atoms with Gasteiger partial charge in [-0.05, 0) is 38.3 Å². The molecule has 0 amide bonds. The molecule has 0 radical (unpaired) electrons. The molecule has 1 aliphatic heterocycles. The summed E-state index contributed by atoms with van der Waals surface area (Å²) in [5, 5.41) is 9.83. The van der Waals surface area contributed by atoms with Crippen molar-refractivity contribution >= 4 is 22.4 Å². The normalized spacial score (nSPS) is 15.4. The van der Waals surface area contributed by atoms with Gasteiger partial charge in [-0.2, -0.15) is 0 Å². The zero-order valence-corrected chi connectivity index (χ0v) is 20.1. The minimum absolute atomic E-state index is 0.200. The fraction of sp³-hybridized carbons (Fsp3) is 0.440. The SMILES string of the molecule is CC(=NOCc1nc2c3c(C)c(C)n(CCCN4CCOCC4)c3ncn2n1)c1ccccc1. The van der Waals surface area contributed by atoms with Gasteiger partial charge in [0, 0.05) is 31.9 Å². The quantitative estimate of drug-likeness (QED) is 0.296. The van der Waals surface area contributed by atoms with Gasteiger partial charge in [0.05, 0.1) is 24.3 Å². The summed E-state index contributed by atoms with van der Waals surface area (Å²) in [5.74, 6) is 0.580. The molecule has 0 N–H and O–H groups in total. The van der Waals surface area contributed by atoms with E-state index in [1.165, 1.54) is 11.3 Å². The van der Waals surface area contributed by atoms with Gasteiger partial charge in [-0.25, -0.2) is 14.5 Å². The summed E-state index contributed by atoms with van der Waals surface area (Å²) < 4.78 is 9.50. The third-order valence-electron chi connectivity index (χ3n) is 6.54. The van der Waals surface area contributed by atoms with Crippen LogP contribution in [0.25, 0.3) is 16.7 Å². The average Bonchev–Trinajstić information content (AvgIpc) is 3.39. The Labute approximate surface area is 199 Å². The van der Waals surface area contributed by atoms with E-state index in [0.29, 0.717) is 5.82 Å². The second-order valence-corrected chi connectivity index (χ2v) is 8.73. The molecular weight excluding hydrogens is 430 g/mol. The van der Waals surface area contributed by atoms with Gasteiger partial charge in [0.2, 0.25) is 0 Å². The van der Waals surface area contributed by atoms with Gasteiger partial charge in [0.1, 0.15) is 12.0 Å². The Morgan fingerprint density at radius 3 is 2.68 bits per heavy atom. The zero-order valence-electron chi connectivity index (χ0n) is 20.1. The minimum Gasteiger partial charge on any atom is -0.387 e. The molecule has 0 bridgehead atoms. The van der Waals surface area contributed by atoms with Gasteiger partial charge in [-0.3, -0.25) is 4.90 Å². The molecule has 1 aromatic carbocycles. The number of fused-ring (bicyclic) bond motifs is 3. The van der Waals surface area contributed by atoms with E-state index in [0.717, 1.165) is 73.8 Å². The Kier molecular flexibility index (Phi) is 6.55. The summed E-state index contributed by atoms with van der Waals surface area (Å²) in [5.41, 5.74) is 6.02. The maximum absolute atomic E-state index is 5.56. The van der Waals surface area contributed by atoms with Gasteiger partial charge in [0.25, 0.3) is 0 Å². The van der Waals surface area contributed by atoms with Gasteiger partial charge < -0.3 is 14.1 Å². The molecule has 4 heterocycles. The number of aromatic nitrogens is 5. The van der Waals surface area contributed by atoms with Crippen molar-refractivity contribution < 1.29 is 9.57 Å². The van der Waals surface area contributed by atoms with Crippen molar-refractivity contribution in [2.45, 2.75) is 40.3 Å². The zero-order chi connectivity index (χ0) is 23.5. The second kappa shape index (κ2) is 9.90. The van der Waals surface area contributed by atoms with Crippen molar-refractivity contribution in [1.29, 1.82) is 0 Å². The van der Waals surface area contributed by atoms with Crippen molar-refractivity contribution in [1.82, 2.24) is 29.0 Å². The van der Waals surface area contributed by atoms with E-state index in [1.807, 2.05) is 37.3 Å². The molecule has 34 heavy (non-hydrogen) atoms. The highest BCUT2D eigenvalue weighted by molar-refractivity contribution is 5.98. The van der Waals surface area contributed by atoms with Crippen LogP contribution in [0.3, 0.4) is 0 Å². The predicted molar refractivity (Wildman–Crippen MR) is 131 cm³/mol. The number of benzene rings is 1. The Morgan fingerprint density at radius 2 is 1.88 bits per heavy atom. The number of rotatable bonds is 8. The van der Waals surface area contributed by atoms with Crippen LogP contribution in [-0.4, -0.2) is 67.6 Å². The van der Waals surface area contributed by atoms with Crippen molar-refractivity contribution in [2.24, 2.45) is 5.16 Å². The van der Waals surface area contributed by atoms with E-state index in [1.54, 1.807) is 10.8 Å². The van der Waals surface area contributed by atoms with Crippen LogP contribution in [0.2, 0.25) is 0 Å². The maximum Gasteiger partial charge on any atom is 0.192 e. The lowest BCUT2D eigenvalue weighted by atomic mass is 10.1. The number of nitrogens with zero attached hydrogens (tertiary/aromatic N) is 7. The molecule has 9 heteroatoms. The fourth-order valence-electron chi connectivity index (χ4n) is 4.51. The lowest BCUT2D eigenvalue weighted by Gasteiger charge is -2.26. The average molecular weight is 462 g/mol. The summed E-state index contributed by atoms with van der Waals surface area (Å²) in [7, 11) is 0. The summed E-state index contributed by atoms with van der Waals surface area (Å²) in [4.78, 5) is 17.5. The van der Waals surface area contributed by atoms with Gasteiger partial charge >= 0.3 is 0 Å². The molecule has 9 nitrogen and oxygen atoms in total. The minimum atomic E-state index is 0.200. The van der Waals surface area contributed by atoms with Crippen molar-refractivity contribution in [2.75, 3.05) is 32.8 Å². The van der Waals surface area contributed by atoms with E-state index < -0.39 is 0 Å². The van der Waals surface area contributed by atoms with Crippen LogP contribution >= 0.6 is 0 Å². The lowest BCUT2D eigenvalue weighted by molar-refractivity contribution is 0.0369. The van der Waals surface area contributed by atoms with Crippen LogP contribution in [0.1, 0.15) is 36.0 Å². The Hall–Kier alpha value is -3.30. The highest BCUT2D eigenvalue weighted by Gasteiger charge is 2.18. The largest absolute Gasteiger partial charge is 0.387 e. The summed E-state index contributed by atoms with van der Waals surface area (Å²) in [6.07, 6.45) is 2.81. The van der Waals surface area contributed by atoms with Crippen LogP contribution in [-0.2, 0) is 22.7 Å². The molecule has 1 aliphatic rings. The summed E-state index contributed by atoms with van der Waals surface area (Å²) >= 11 is 0. The summed E-state index contributed by atoms with van der Waals surface area (Å²) in [6, 6.07) is 9.95. The third kappa shape index (κ3) is 4.53. The van der Waals surface area contributed by atoms with Gasteiger partial charge in [-0.1, -0.05) is 35.5 Å². The number of ether oxygens (including phenoxy) is 1. The first-order valence-corrected chi connectivity index (χ1v) is 11.8. The smallest absolute Gasteiger partial charge is 0.192 e.